The molecule has 0 unspecified atom stereocenters. The van der Waals surface area contributed by atoms with Crippen LogP contribution in [0.2, 0.25) is 0 Å². The van der Waals surface area contributed by atoms with Crippen molar-refractivity contribution in [1.29, 1.82) is 0 Å². The quantitative estimate of drug-likeness (QED) is 0.825. The molecule has 0 saturated heterocycles. The van der Waals surface area contributed by atoms with Gasteiger partial charge in [-0.2, -0.15) is 0 Å². The summed E-state index contributed by atoms with van der Waals surface area (Å²) < 4.78 is 0. The highest BCUT2D eigenvalue weighted by molar-refractivity contribution is 5.38. The molecule has 100 valence electrons. The van der Waals surface area contributed by atoms with Gasteiger partial charge in [-0.3, -0.25) is 4.79 Å². The van der Waals surface area contributed by atoms with Crippen molar-refractivity contribution in [3.63, 3.8) is 0 Å². The molecular formula is C13H22N4O. The number of hydrogen-bond donors (Lipinski definition) is 2. The lowest BCUT2D eigenvalue weighted by atomic mass is 9.94. The van der Waals surface area contributed by atoms with Gasteiger partial charge in [-0.05, 0) is 25.8 Å². The SMILES string of the molecule is NCCCN(c1cc(=O)[nH]cn1)C1CCCCC1. The summed E-state index contributed by atoms with van der Waals surface area (Å²) in [5, 5.41) is 0. The Morgan fingerprint density at radius 2 is 2.17 bits per heavy atom. The number of nitrogens with zero attached hydrogens (tertiary/aromatic N) is 2. The van der Waals surface area contributed by atoms with Gasteiger partial charge < -0.3 is 15.6 Å². The lowest BCUT2D eigenvalue weighted by molar-refractivity contribution is 0.411. The molecule has 1 aliphatic carbocycles. The number of rotatable bonds is 5. The second kappa shape index (κ2) is 6.54. The normalized spacial score (nSPS) is 16.7. The Labute approximate surface area is 107 Å². The van der Waals surface area contributed by atoms with Gasteiger partial charge >= 0.3 is 0 Å². The molecule has 5 nitrogen and oxygen atoms in total. The van der Waals surface area contributed by atoms with Crippen LogP contribution in [0.15, 0.2) is 17.2 Å². The van der Waals surface area contributed by atoms with Gasteiger partial charge in [0.25, 0.3) is 5.56 Å². The van der Waals surface area contributed by atoms with E-state index >= 15 is 0 Å². The minimum atomic E-state index is -0.0893. The Morgan fingerprint density at radius 3 is 2.83 bits per heavy atom. The van der Waals surface area contributed by atoms with Crippen LogP contribution in [0.25, 0.3) is 0 Å². The van der Waals surface area contributed by atoms with Gasteiger partial charge in [0.15, 0.2) is 0 Å². The fourth-order valence-corrected chi connectivity index (χ4v) is 2.65. The van der Waals surface area contributed by atoms with Gasteiger partial charge in [0.1, 0.15) is 5.82 Å². The summed E-state index contributed by atoms with van der Waals surface area (Å²) in [6, 6.07) is 2.10. The van der Waals surface area contributed by atoms with Crippen molar-refractivity contribution < 1.29 is 0 Å². The van der Waals surface area contributed by atoms with Crippen LogP contribution in [0.1, 0.15) is 38.5 Å². The average molecular weight is 250 g/mol. The van der Waals surface area contributed by atoms with E-state index in [0.717, 1.165) is 18.8 Å². The minimum absolute atomic E-state index is 0.0893. The fraction of sp³-hybridized carbons (Fsp3) is 0.692. The van der Waals surface area contributed by atoms with E-state index in [1.54, 1.807) is 6.07 Å². The van der Waals surface area contributed by atoms with Crippen molar-refractivity contribution in [2.75, 3.05) is 18.0 Å². The van der Waals surface area contributed by atoms with Crippen LogP contribution in [0, 0.1) is 0 Å². The van der Waals surface area contributed by atoms with Crippen molar-refractivity contribution in [3.05, 3.63) is 22.7 Å². The summed E-state index contributed by atoms with van der Waals surface area (Å²) in [4.78, 5) is 20.5. The summed E-state index contributed by atoms with van der Waals surface area (Å²) >= 11 is 0. The molecular weight excluding hydrogens is 228 g/mol. The molecule has 0 atom stereocenters. The molecule has 18 heavy (non-hydrogen) atoms. The summed E-state index contributed by atoms with van der Waals surface area (Å²) in [7, 11) is 0. The smallest absolute Gasteiger partial charge is 0.252 e. The fourth-order valence-electron chi connectivity index (χ4n) is 2.65. The average Bonchev–Trinajstić information content (AvgIpc) is 2.40. The zero-order valence-electron chi connectivity index (χ0n) is 10.8. The van der Waals surface area contributed by atoms with Crippen LogP contribution < -0.4 is 16.2 Å². The molecule has 0 aliphatic heterocycles. The number of H-pyrrole nitrogens is 1. The third kappa shape index (κ3) is 3.32. The van der Waals surface area contributed by atoms with Crippen molar-refractivity contribution in [1.82, 2.24) is 9.97 Å². The Hall–Kier alpha value is -1.36. The monoisotopic (exact) mass is 250 g/mol. The lowest BCUT2D eigenvalue weighted by Crippen LogP contribution is -2.39. The largest absolute Gasteiger partial charge is 0.353 e. The summed E-state index contributed by atoms with van der Waals surface area (Å²) in [6.45, 7) is 1.56. The Bertz CT molecular complexity index is 411. The van der Waals surface area contributed by atoms with Gasteiger partial charge in [0.05, 0.1) is 6.33 Å². The highest BCUT2D eigenvalue weighted by Crippen LogP contribution is 2.25. The second-order valence-corrected chi connectivity index (χ2v) is 4.90. The van der Waals surface area contributed by atoms with Crippen LogP contribution in [-0.2, 0) is 0 Å². The van der Waals surface area contributed by atoms with Crippen molar-refractivity contribution >= 4 is 5.82 Å². The van der Waals surface area contributed by atoms with Gasteiger partial charge in [0.2, 0.25) is 0 Å². The van der Waals surface area contributed by atoms with Crippen LogP contribution in [0.5, 0.6) is 0 Å². The van der Waals surface area contributed by atoms with Crippen LogP contribution >= 0.6 is 0 Å². The molecule has 1 aromatic heterocycles. The molecule has 1 aromatic rings. The van der Waals surface area contributed by atoms with Crippen molar-refractivity contribution in [2.45, 2.75) is 44.6 Å². The first-order valence-corrected chi connectivity index (χ1v) is 6.82. The molecule has 0 amide bonds. The molecule has 2 rings (SSSR count). The van der Waals surface area contributed by atoms with Crippen LogP contribution in [-0.4, -0.2) is 29.1 Å². The maximum atomic E-state index is 11.4. The Kier molecular flexibility index (Phi) is 4.75. The minimum Gasteiger partial charge on any atom is -0.353 e. The van der Waals surface area contributed by atoms with Crippen LogP contribution in [0.3, 0.4) is 0 Å². The molecule has 0 radical (unpaired) electrons. The van der Waals surface area contributed by atoms with Crippen LogP contribution in [0.4, 0.5) is 5.82 Å². The summed E-state index contributed by atoms with van der Waals surface area (Å²) in [5.74, 6) is 0.791. The lowest BCUT2D eigenvalue weighted by Gasteiger charge is -2.35. The van der Waals surface area contributed by atoms with E-state index in [4.69, 9.17) is 5.73 Å². The van der Waals surface area contributed by atoms with Gasteiger partial charge in [0, 0.05) is 18.7 Å². The number of nitrogens with one attached hydrogen (secondary N) is 1. The number of aromatic amines is 1. The maximum Gasteiger partial charge on any atom is 0.252 e. The molecule has 0 spiro atoms. The van der Waals surface area contributed by atoms with Gasteiger partial charge in [-0.1, -0.05) is 19.3 Å². The molecule has 1 saturated carbocycles. The highest BCUT2D eigenvalue weighted by Gasteiger charge is 2.22. The second-order valence-electron chi connectivity index (χ2n) is 4.90. The van der Waals surface area contributed by atoms with E-state index in [-0.39, 0.29) is 5.56 Å². The first-order valence-electron chi connectivity index (χ1n) is 6.82. The molecule has 1 heterocycles. The van der Waals surface area contributed by atoms with Crippen molar-refractivity contribution in [2.24, 2.45) is 5.73 Å². The summed E-state index contributed by atoms with van der Waals surface area (Å²) in [5.41, 5.74) is 5.51. The zero-order chi connectivity index (χ0) is 12.8. The standard InChI is InChI=1S/C13H22N4O/c14-7-4-8-17(11-5-2-1-3-6-11)12-9-13(18)16-10-15-12/h9-11H,1-8,14H2,(H,15,16,18). The van der Waals surface area contributed by atoms with Gasteiger partial charge in [-0.15, -0.1) is 0 Å². The third-order valence-electron chi connectivity index (χ3n) is 3.58. The number of nitrogens with two attached hydrogens (primary N) is 1. The molecule has 1 aliphatic rings. The Balaban J connectivity index is 2.15. The number of hydrogen-bond acceptors (Lipinski definition) is 4. The molecule has 0 aromatic carbocycles. The molecule has 0 bridgehead atoms. The van der Waals surface area contributed by atoms with E-state index < -0.39 is 0 Å². The zero-order valence-corrected chi connectivity index (χ0v) is 10.8. The molecule has 1 fully saturated rings. The molecule has 5 heteroatoms. The van der Waals surface area contributed by atoms with E-state index in [1.165, 1.54) is 38.4 Å². The Morgan fingerprint density at radius 1 is 1.39 bits per heavy atom. The predicted octanol–water partition coefficient (Wildman–Crippen LogP) is 1.26. The van der Waals surface area contributed by atoms with E-state index in [2.05, 4.69) is 14.9 Å². The maximum absolute atomic E-state index is 11.4. The van der Waals surface area contributed by atoms with E-state index in [9.17, 15) is 4.79 Å². The number of anilines is 1. The third-order valence-corrected chi connectivity index (χ3v) is 3.58. The van der Waals surface area contributed by atoms with Gasteiger partial charge in [-0.25, -0.2) is 4.98 Å². The highest BCUT2D eigenvalue weighted by atomic mass is 16.1. The summed E-state index contributed by atoms with van der Waals surface area (Å²) in [6.07, 6.45) is 8.67. The van der Waals surface area contributed by atoms with E-state index in [0.29, 0.717) is 12.6 Å². The molecule has 3 N–H and O–H groups in total. The van der Waals surface area contributed by atoms with E-state index in [1.807, 2.05) is 0 Å². The number of aromatic nitrogens is 2. The van der Waals surface area contributed by atoms with Crippen molar-refractivity contribution in [3.8, 4) is 0 Å². The predicted molar refractivity (Wildman–Crippen MR) is 72.7 cm³/mol. The first-order chi connectivity index (χ1) is 8.81. The topological polar surface area (TPSA) is 75.0 Å². The first kappa shape index (κ1) is 13.1.